The number of hydrogen-bond donors (Lipinski definition) is 2. The van der Waals surface area contributed by atoms with Crippen LogP contribution in [0.2, 0.25) is 0 Å². The summed E-state index contributed by atoms with van der Waals surface area (Å²) in [4.78, 5) is 23.9. The van der Waals surface area contributed by atoms with E-state index in [1.54, 1.807) is 0 Å². The lowest BCUT2D eigenvalue weighted by Gasteiger charge is -2.29. The van der Waals surface area contributed by atoms with Gasteiger partial charge < -0.3 is 20.1 Å². The van der Waals surface area contributed by atoms with Gasteiger partial charge in [0.25, 0.3) is 0 Å². The first-order valence-corrected chi connectivity index (χ1v) is 13.6. The Balaban J connectivity index is 1.61. The van der Waals surface area contributed by atoms with Crippen molar-refractivity contribution in [2.24, 2.45) is 5.92 Å². The Morgan fingerprint density at radius 3 is 2.46 bits per heavy atom. The highest BCUT2D eigenvalue weighted by atomic mass is 32.1. The number of carbonyl (C=O) groups is 1. The van der Waals surface area contributed by atoms with Crippen molar-refractivity contribution >= 4 is 34.6 Å². The standard InChI is InChI=1S/C31H34N6OS/c1-18(2)30(38)34-25-12-11-23(15-20(25)4)37-29(28(35-31(37)39)26-9-7-8-14-32-26)24-16-21(5)36(22(24)6)27-13-10-19(3)17-33-27/h7-18,28-29H,1-6H3,(H,34,38)(H,35,39)/t28-,29-/m0/s1. The number of anilines is 2. The third kappa shape index (κ3) is 5.04. The second kappa shape index (κ2) is 10.6. The summed E-state index contributed by atoms with van der Waals surface area (Å²) in [5.74, 6) is 0.785. The number of nitrogens with one attached hydrogen (secondary N) is 2. The molecule has 1 fully saturated rings. The van der Waals surface area contributed by atoms with Gasteiger partial charge in [0.2, 0.25) is 5.91 Å². The van der Waals surface area contributed by atoms with Gasteiger partial charge in [-0.3, -0.25) is 9.78 Å². The van der Waals surface area contributed by atoms with Crippen LogP contribution >= 0.6 is 12.2 Å². The molecule has 8 heteroatoms. The van der Waals surface area contributed by atoms with E-state index in [1.165, 1.54) is 0 Å². The molecule has 0 radical (unpaired) electrons. The van der Waals surface area contributed by atoms with Crippen molar-refractivity contribution in [2.45, 2.75) is 53.6 Å². The molecule has 0 bridgehead atoms. The van der Waals surface area contributed by atoms with E-state index >= 15 is 0 Å². The SMILES string of the molecule is Cc1ccc(-n2c(C)cc([C@H]3[C@H](c4ccccn4)NC(=S)N3c3ccc(NC(=O)C(C)C)c(C)c3)c2C)nc1. The molecule has 39 heavy (non-hydrogen) atoms. The fourth-order valence-corrected chi connectivity index (χ4v) is 5.54. The van der Waals surface area contributed by atoms with Crippen LogP contribution < -0.4 is 15.5 Å². The molecular weight excluding hydrogens is 504 g/mol. The van der Waals surface area contributed by atoms with Crippen molar-refractivity contribution in [3.05, 3.63) is 101 Å². The molecule has 7 nitrogen and oxygen atoms in total. The predicted octanol–water partition coefficient (Wildman–Crippen LogP) is 6.27. The lowest BCUT2D eigenvalue weighted by molar-refractivity contribution is -0.118. The monoisotopic (exact) mass is 538 g/mol. The van der Waals surface area contributed by atoms with Crippen LogP contribution in [0, 0.1) is 33.6 Å². The van der Waals surface area contributed by atoms with Crippen molar-refractivity contribution in [3.63, 3.8) is 0 Å². The third-order valence-electron chi connectivity index (χ3n) is 7.28. The summed E-state index contributed by atoms with van der Waals surface area (Å²) < 4.78 is 2.19. The molecule has 1 aliphatic rings. The number of nitrogens with zero attached hydrogens (tertiary/aromatic N) is 4. The number of hydrogen-bond acceptors (Lipinski definition) is 4. The lowest BCUT2D eigenvalue weighted by atomic mass is 9.96. The van der Waals surface area contributed by atoms with Crippen LogP contribution in [0.3, 0.4) is 0 Å². The van der Waals surface area contributed by atoms with Crippen molar-refractivity contribution in [3.8, 4) is 5.82 Å². The van der Waals surface area contributed by atoms with Gasteiger partial charge in [0.1, 0.15) is 5.82 Å². The molecule has 4 aromatic rings. The molecule has 3 aromatic heterocycles. The summed E-state index contributed by atoms with van der Waals surface area (Å²) >= 11 is 5.95. The summed E-state index contributed by atoms with van der Waals surface area (Å²) in [6, 6.07) is 18.1. The predicted molar refractivity (Wildman–Crippen MR) is 160 cm³/mol. The molecular formula is C31H34N6OS. The van der Waals surface area contributed by atoms with Gasteiger partial charge in [0, 0.05) is 41.1 Å². The second-order valence-electron chi connectivity index (χ2n) is 10.5. The second-order valence-corrected chi connectivity index (χ2v) is 10.9. The molecule has 0 aliphatic carbocycles. The van der Waals surface area contributed by atoms with E-state index < -0.39 is 0 Å². The van der Waals surface area contributed by atoms with Gasteiger partial charge in [0.05, 0.1) is 17.8 Å². The number of aromatic nitrogens is 3. The van der Waals surface area contributed by atoms with E-state index in [0.29, 0.717) is 5.11 Å². The van der Waals surface area contributed by atoms with E-state index in [2.05, 4.69) is 58.2 Å². The fourth-order valence-electron chi connectivity index (χ4n) is 5.20. The van der Waals surface area contributed by atoms with Crippen LogP contribution in [-0.4, -0.2) is 25.6 Å². The molecule has 1 aliphatic heterocycles. The molecule has 0 saturated carbocycles. The Morgan fingerprint density at radius 2 is 1.82 bits per heavy atom. The van der Waals surface area contributed by atoms with E-state index in [9.17, 15) is 4.79 Å². The maximum atomic E-state index is 12.3. The third-order valence-corrected chi connectivity index (χ3v) is 7.60. The van der Waals surface area contributed by atoms with Gasteiger partial charge in [-0.25, -0.2) is 4.98 Å². The number of aryl methyl sites for hydroxylation is 3. The number of pyridine rings is 2. The quantitative estimate of drug-likeness (QED) is 0.282. The number of carbonyl (C=O) groups excluding carboxylic acids is 1. The fraction of sp³-hybridized carbons (Fsp3) is 0.290. The minimum Gasteiger partial charge on any atom is -0.351 e. The van der Waals surface area contributed by atoms with Crippen LogP contribution in [0.4, 0.5) is 11.4 Å². The van der Waals surface area contributed by atoms with Gasteiger partial charge in [-0.2, -0.15) is 0 Å². The van der Waals surface area contributed by atoms with E-state index in [1.807, 2.05) is 70.4 Å². The topological polar surface area (TPSA) is 75.1 Å². The molecule has 5 rings (SSSR count). The zero-order chi connectivity index (χ0) is 27.8. The Labute approximate surface area is 235 Å². The van der Waals surface area contributed by atoms with Gasteiger partial charge in [-0.1, -0.05) is 26.0 Å². The Bertz CT molecular complexity index is 1530. The molecule has 2 N–H and O–H groups in total. The Morgan fingerprint density at radius 1 is 1.03 bits per heavy atom. The number of benzene rings is 1. The van der Waals surface area contributed by atoms with E-state index in [0.717, 1.165) is 51.0 Å². The van der Waals surface area contributed by atoms with Crippen LogP contribution in [0.1, 0.15) is 59.7 Å². The molecule has 0 spiro atoms. The van der Waals surface area contributed by atoms with E-state index in [4.69, 9.17) is 22.2 Å². The highest BCUT2D eigenvalue weighted by Crippen LogP contribution is 2.44. The molecule has 1 saturated heterocycles. The minimum atomic E-state index is -0.153. The van der Waals surface area contributed by atoms with Crippen LogP contribution in [0.25, 0.3) is 5.82 Å². The Hall–Kier alpha value is -4.04. The molecule has 1 aromatic carbocycles. The maximum Gasteiger partial charge on any atom is 0.226 e. The maximum absolute atomic E-state index is 12.3. The largest absolute Gasteiger partial charge is 0.351 e. The average Bonchev–Trinajstić information content (AvgIpc) is 3.41. The van der Waals surface area contributed by atoms with Crippen molar-refractivity contribution in [2.75, 3.05) is 10.2 Å². The minimum absolute atomic E-state index is 0.00513. The summed E-state index contributed by atoms with van der Waals surface area (Å²) in [6.45, 7) is 12.1. The summed E-state index contributed by atoms with van der Waals surface area (Å²) in [7, 11) is 0. The highest BCUT2D eigenvalue weighted by molar-refractivity contribution is 7.80. The van der Waals surface area contributed by atoms with Gasteiger partial charge in [-0.05, 0) is 99.1 Å². The Kier molecular flexibility index (Phi) is 7.23. The molecule has 1 amide bonds. The van der Waals surface area contributed by atoms with Gasteiger partial charge in [-0.15, -0.1) is 0 Å². The van der Waals surface area contributed by atoms with Crippen molar-refractivity contribution < 1.29 is 4.79 Å². The smallest absolute Gasteiger partial charge is 0.226 e. The number of amides is 1. The first kappa shape index (κ1) is 26.6. The first-order chi connectivity index (χ1) is 18.7. The zero-order valence-electron chi connectivity index (χ0n) is 23.2. The molecule has 200 valence electrons. The highest BCUT2D eigenvalue weighted by Gasteiger charge is 2.42. The molecule has 2 atom stereocenters. The summed E-state index contributed by atoms with van der Waals surface area (Å²) in [5, 5.41) is 7.22. The summed E-state index contributed by atoms with van der Waals surface area (Å²) in [6.07, 6.45) is 3.71. The lowest BCUT2D eigenvalue weighted by Crippen LogP contribution is -2.29. The normalized spacial score (nSPS) is 17.0. The van der Waals surface area contributed by atoms with Crippen molar-refractivity contribution in [1.29, 1.82) is 0 Å². The first-order valence-electron chi connectivity index (χ1n) is 13.2. The number of thiocarbonyl (C=S) groups is 1. The molecule has 0 unspecified atom stereocenters. The van der Waals surface area contributed by atoms with Crippen LogP contribution in [-0.2, 0) is 4.79 Å². The zero-order valence-corrected chi connectivity index (χ0v) is 24.0. The van der Waals surface area contributed by atoms with Crippen LogP contribution in [0.5, 0.6) is 0 Å². The molecule has 4 heterocycles. The summed E-state index contributed by atoms with van der Waals surface area (Å²) in [5.41, 5.74) is 8.11. The van der Waals surface area contributed by atoms with E-state index in [-0.39, 0.29) is 23.9 Å². The van der Waals surface area contributed by atoms with Gasteiger partial charge >= 0.3 is 0 Å². The number of rotatable bonds is 6. The van der Waals surface area contributed by atoms with Gasteiger partial charge in [0.15, 0.2) is 5.11 Å². The van der Waals surface area contributed by atoms with Crippen molar-refractivity contribution in [1.82, 2.24) is 19.9 Å². The van der Waals surface area contributed by atoms with Crippen LogP contribution in [0.15, 0.2) is 67.0 Å². The average molecular weight is 539 g/mol.